The highest BCUT2D eigenvalue weighted by molar-refractivity contribution is 6.30. The molecule has 2 aliphatic rings. The number of ether oxygens (including phenoxy) is 1. The van der Waals surface area contributed by atoms with Crippen LogP contribution in [0, 0.1) is 0 Å². The lowest BCUT2D eigenvalue weighted by Crippen LogP contribution is -2.41. The third-order valence-electron chi connectivity index (χ3n) is 5.67. The number of carbonyl (C=O) groups is 2. The molecule has 0 N–H and O–H groups in total. The normalized spacial score (nSPS) is 22.9. The molecule has 2 atom stereocenters. The Morgan fingerprint density at radius 1 is 1.04 bits per heavy atom. The topological polar surface area (TPSA) is 49.9 Å². The Kier molecular flexibility index (Phi) is 5.38. The summed E-state index contributed by atoms with van der Waals surface area (Å²) in [5, 5.41) is 0.639. The smallest absolute Gasteiger partial charge is 0.247 e. The fourth-order valence-corrected chi connectivity index (χ4v) is 4.34. The fraction of sp³-hybridized carbons (Fsp3) is 0.364. The zero-order valence-corrected chi connectivity index (χ0v) is 16.6. The van der Waals surface area contributed by atoms with Crippen molar-refractivity contribution >= 4 is 23.4 Å². The number of benzene rings is 2. The van der Waals surface area contributed by atoms with Crippen molar-refractivity contribution in [2.75, 3.05) is 13.7 Å². The maximum Gasteiger partial charge on any atom is 0.247 e. The van der Waals surface area contributed by atoms with E-state index in [9.17, 15) is 9.59 Å². The van der Waals surface area contributed by atoms with Gasteiger partial charge in [0.2, 0.25) is 11.8 Å². The van der Waals surface area contributed by atoms with Gasteiger partial charge in [0, 0.05) is 11.1 Å². The first-order valence-electron chi connectivity index (χ1n) is 9.55. The van der Waals surface area contributed by atoms with Crippen molar-refractivity contribution in [3.05, 3.63) is 64.7 Å². The van der Waals surface area contributed by atoms with Gasteiger partial charge in [-0.05, 0) is 54.8 Å². The summed E-state index contributed by atoms with van der Waals surface area (Å²) in [6.45, 7) is 1.13. The van der Waals surface area contributed by atoms with Gasteiger partial charge >= 0.3 is 0 Å². The van der Waals surface area contributed by atoms with E-state index >= 15 is 0 Å². The SMILES string of the molecule is COc1ccc([C@H]2CCCN2[C@@H]2CC(=O)N(Cc3ccc(Cl)cc3)C2=O)cc1. The third kappa shape index (κ3) is 3.64. The van der Waals surface area contributed by atoms with Crippen LogP contribution in [0.25, 0.3) is 0 Å². The number of halogens is 1. The second kappa shape index (κ2) is 7.94. The molecule has 2 aromatic carbocycles. The molecule has 2 heterocycles. The van der Waals surface area contributed by atoms with Crippen molar-refractivity contribution in [2.45, 2.75) is 37.9 Å². The minimum Gasteiger partial charge on any atom is -0.497 e. The number of methoxy groups -OCH3 is 1. The summed E-state index contributed by atoms with van der Waals surface area (Å²) >= 11 is 5.93. The van der Waals surface area contributed by atoms with Crippen molar-refractivity contribution in [1.29, 1.82) is 0 Å². The predicted octanol–water partition coefficient (Wildman–Crippen LogP) is 3.81. The van der Waals surface area contributed by atoms with Crippen LogP contribution in [0.5, 0.6) is 5.75 Å². The van der Waals surface area contributed by atoms with E-state index in [0.717, 1.165) is 36.3 Å². The van der Waals surface area contributed by atoms with Crippen molar-refractivity contribution in [3.8, 4) is 5.75 Å². The van der Waals surface area contributed by atoms with Crippen LogP contribution in [0.2, 0.25) is 5.02 Å². The minimum atomic E-state index is -0.380. The first-order chi connectivity index (χ1) is 13.6. The molecular weight excluding hydrogens is 376 g/mol. The monoisotopic (exact) mass is 398 g/mol. The van der Waals surface area contributed by atoms with E-state index in [-0.39, 0.29) is 30.3 Å². The van der Waals surface area contributed by atoms with Gasteiger partial charge in [0.25, 0.3) is 0 Å². The van der Waals surface area contributed by atoms with E-state index < -0.39 is 0 Å². The van der Waals surface area contributed by atoms with Gasteiger partial charge in [-0.3, -0.25) is 19.4 Å². The van der Waals surface area contributed by atoms with Crippen molar-refractivity contribution in [2.24, 2.45) is 0 Å². The maximum absolute atomic E-state index is 13.1. The molecule has 5 nitrogen and oxygen atoms in total. The van der Waals surface area contributed by atoms with Gasteiger partial charge in [-0.2, -0.15) is 0 Å². The Balaban J connectivity index is 1.50. The summed E-state index contributed by atoms with van der Waals surface area (Å²) in [5.74, 6) is 0.611. The Labute approximate surface area is 169 Å². The van der Waals surface area contributed by atoms with E-state index in [0.29, 0.717) is 11.6 Å². The average molecular weight is 399 g/mol. The molecule has 2 amide bonds. The van der Waals surface area contributed by atoms with E-state index in [4.69, 9.17) is 16.3 Å². The lowest BCUT2D eigenvalue weighted by atomic mass is 10.0. The third-order valence-corrected chi connectivity index (χ3v) is 5.92. The van der Waals surface area contributed by atoms with Crippen LogP contribution in [0.1, 0.15) is 36.4 Å². The average Bonchev–Trinajstić information content (AvgIpc) is 3.30. The second-order valence-corrected chi connectivity index (χ2v) is 7.77. The van der Waals surface area contributed by atoms with E-state index in [1.54, 1.807) is 19.2 Å². The Bertz CT molecular complexity index is 866. The van der Waals surface area contributed by atoms with Crippen LogP contribution in [-0.2, 0) is 16.1 Å². The van der Waals surface area contributed by atoms with Gasteiger partial charge in [-0.15, -0.1) is 0 Å². The van der Waals surface area contributed by atoms with Gasteiger partial charge in [-0.1, -0.05) is 35.9 Å². The Morgan fingerprint density at radius 2 is 1.75 bits per heavy atom. The van der Waals surface area contributed by atoms with Gasteiger partial charge in [-0.25, -0.2) is 0 Å². The lowest BCUT2D eigenvalue weighted by Gasteiger charge is -2.29. The molecule has 146 valence electrons. The number of nitrogens with zero attached hydrogens (tertiary/aromatic N) is 2. The molecule has 0 bridgehead atoms. The molecule has 0 aromatic heterocycles. The molecule has 2 fully saturated rings. The predicted molar refractivity (Wildman–Crippen MR) is 107 cm³/mol. The zero-order chi connectivity index (χ0) is 19.7. The number of carbonyl (C=O) groups excluding carboxylic acids is 2. The number of imide groups is 1. The second-order valence-electron chi connectivity index (χ2n) is 7.33. The van der Waals surface area contributed by atoms with E-state index in [1.165, 1.54) is 4.90 Å². The van der Waals surface area contributed by atoms with Crippen molar-refractivity contribution in [1.82, 2.24) is 9.80 Å². The summed E-state index contributed by atoms with van der Waals surface area (Å²) in [6, 6.07) is 15.0. The molecule has 4 rings (SSSR count). The van der Waals surface area contributed by atoms with Crippen LogP contribution in [0.15, 0.2) is 48.5 Å². The lowest BCUT2D eigenvalue weighted by molar-refractivity contribution is -0.140. The van der Waals surface area contributed by atoms with E-state index in [2.05, 4.69) is 17.0 Å². The van der Waals surface area contributed by atoms with E-state index in [1.807, 2.05) is 24.3 Å². The molecule has 0 radical (unpaired) electrons. The number of hydrogen-bond donors (Lipinski definition) is 0. The molecule has 0 spiro atoms. The summed E-state index contributed by atoms with van der Waals surface area (Å²) in [6.07, 6.45) is 2.26. The molecule has 0 saturated carbocycles. The molecule has 2 aliphatic heterocycles. The first kappa shape index (κ1) is 19.0. The Morgan fingerprint density at radius 3 is 2.43 bits per heavy atom. The van der Waals surface area contributed by atoms with Gasteiger partial charge in [0.15, 0.2) is 0 Å². The van der Waals surface area contributed by atoms with Gasteiger partial charge in [0.1, 0.15) is 5.75 Å². The highest BCUT2D eigenvalue weighted by Gasteiger charge is 2.45. The molecule has 2 aromatic rings. The number of amides is 2. The number of hydrogen-bond acceptors (Lipinski definition) is 4. The Hall–Kier alpha value is -2.37. The van der Waals surface area contributed by atoms with Crippen LogP contribution in [0.4, 0.5) is 0 Å². The molecular formula is C22H23ClN2O3. The summed E-state index contributed by atoms with van der Waals surface area (Å²) in [5.41, 5.74) is 2.06. The number of likely N-dealkylation sites (tertiary alicyclic amines) is 2. The highest BCUT2D eigenvalue weighted by Crippen LogP contribution is 2.37. The number of rotatable bonds is 5. The molecule has 2 saturated heterocycles. The van der Waals surface area contributed by atoms with Crippen LogP contribution in [0.3, 0.4) is 0 Å². The van der Waals surface area contributed by atoms with Crippen LogP contribution >= 0.6 is 11.6 Å². The van der Waals surface area contributed by atoms with Crippen molar-refractivity contribution in [3.63, 3.8) is 0 Å². The zero-order valence-electron chi connectivity index (χ0n) is 15.8. The molecule has 0 unspecified atom stereocenters. The van der Waals surface area contributed by atoms with Crippen molar-refractivity contribution < 1.29 is 14.3 Å². The quantitative estimate of drug-likeness (QED) is 0.718. The summed E-state index contributed by atoms with van der Waals surface area (Å²) in [7, 11) is 1.65. The fourth-order valence-electron chi connectivity index (χ4n) is 4.21. The van der Waals surface area contributed by atoms with Gasteiger partial charge < -0.3 is 4.74 Å². The standard InChI is InChI=1S/C22H23ClN2O3/c1-28-18-10-6-16(7-11-18)19-3-2-12-24(19)20-13-21(26)25(22(20)27)14-15-4-8-17(23)9-5-15/h4-11,19-20H,2-3,12-14H2,1H3/t19-,20-/m1/s1. The molecule has 0 aliphatic carbocycles. The highest BCUT2D eigenvalue weighted by atomic mass is 35.5. The summed E-state index contributed by atoms with van der Waals surface area (Å²) in [4.78, 5) is 29.2. The molecule has 6 heteroatoms. The molecule has 28 heavy (non-hydrogen) atoms. The first-order valence-corrected chi connectivity index (χ1v) is 9.93. The minimum absolute atomic E-state index is 0.0969. The largest absolute Gasteiger partial charge is 0.497 e. The van der Waals surface area contributed by atoms with Gasteiger partial charge in [0.05, 0.1) is 26.1 Å². The van der Waals surface area contributed by atoms with Crippen LogP contribution in [-0.4, -0.2) is 41.3 Å². The summed E-state index contributed by atoms with van der Waals surface area (Å²) < 4.78 is 5.24. The van der Waals surface area contributed by atoms with Crippen LogP contribution < -0.4 is 4.74 Å². The maximum atomic E-state index is 13.1.